The SMILES string of the molecule is C1=CC2CC2C=C1.CB(c1ccccc1)c1ccc2c(c1)c1c(ccc3c4cc(B(Cc5ccccc5)c5ccccc5)ccc4n(C)c31)n2C.c1ccc(B(c2ccccc2)c2ccccc2)cc1.c1ccccc1. The maximum Gasteiger partial charge on any atom is 0.241 e. The summed E-state index contributed by atoms with van der Waals surface area (Å²) in [4.78, 5) is 0. The van der Waals surface area contributed by atoms with Crippen LogP contribution in [0.25, 0.3) is 43.6 Å². The molecule has 1 saturated carbocycles. The molecule has 76 heavy (non-hydrogen) atoms. The highest BCUT2D eigenvalue weighted by Crippen LogP contribution is 2.42. The Morgan fingerprint density at radius 3 is 1.28 bits per heavy atom. The second-order valence-electron chi connectivity index (χ2n) is 20.5. The quantitative estimate of drug-likeness (QED) is 0.128. The minimum Gasteiger partial charge on any atom is -0.344 e. The van der Waals surface area contributed by atoms with Crippen molar-refractivity contribution in [2.24, 2.45) is 25.9 Å². The van der Waals surface area contributed by atoms with Gasteiger partial charge in [0.25, 0.3) is 0 Å². The van der Waals surface area contributed by atoms with E-state index in [4.69, 9.17) is 0 Å². The number of fused-ring (bicyclic) bond motifs is 8. The minimum atomic E-state index is 0.279. The van der Waals surface area contributed by atoms with Crippen LogP contribution in [-0.2, 0) is 20.4 Å². The number of nitrogens with zero attached hydrogens (tertiary/aromatic N) is 2. The van der Waals surface area contributed by atoms with Crippen molar-refractivity contribution in [2.75, 3.05) is 0 Å². The highest BCUT2D eigenvalue weighted by atomic mass is 15.0. The molecule has 0 aliphatic heterocycles. The Kier molecular flexibility index (Phi) is 15.3. The van der Waals surface area contributed by atoms with Gasteiger partial charge in [-0.3, -0.25) is 0 Å². The van der Waals surface area contributed by atoms with Gasteiger partial charge in [-0.05, 0) is 42.8 Å². The van der Waals surface area contributed by atoms with Gasteiger partial charge in [0.2, 0.25) is 20.1 Å². The van der Waals surface area contributed by atoms with E-state index < -0.39 is 0 Å². The molecule has 12 aromatic rings. The Labute approximate surface area is 451 Å². The number of aryl methyl sites for hydroxylation is 2. The Morgan fingerprint density at radius 1 is 0.368 bits per heavy atom. The van der Waals surface area contributed by atoms with Gasteiger partial charge in [-0.15, -0.1) is 0 Å². The van der Waals surface area contributed by atoms with Crippen LogP contribution in [0.5, 0.6) is 0 Å². The average molecular weight is 977 g/mol. The van der Waals surface area contributed by atoms with Gasteiger partial charge in [0, 0.05) is 46.7 Å². The smallest absolute Gasteiger partial charge is 0.241 e. The van der Waals surface area contributed by atoms with Crippen molar-refractivity contribution in [1.82, 2.24) is 9.13 Å². The molecular formula is C71H63B3N2. The van der Waals surface area contributed by atoms with Crippen LogP contribution in [0, 0.1) is 11.8 Å². The van der Waals surface area contributed by atoms with E-state index in [0.29, 0.717) is 13.4 Å². The molecule has 2 heterocycles. The lowest BCUT2D eigenvalue weighted by Gasteiger charge is -2.15. The lowest BCUT2D eigenvalue weighted by atomic mass is 9.37. The normalized spacial score (nSPS) is 13.9. The van der Waals surface area contributed by atoms with Crippen molar-refractivity contribution in [3.8, 4) is 0 Å². The molecule has 2 aliphatic rings. The highest BCUT2D eigenvalue weighted by molar-refractivity contribution is 6.95. The maximum atomic E-state index is 2.46. The van der Waals surface area contributed by atoms with E-state index in [1.165, 1.54) is 93.8 Å². The molecule has 2 nitrogen and oxygen atoms in total. The highest BCUT2D eigenvalue weighted by Gasteiger charge is 2.33. The van der Waals surface area contributed by atoms with Gasteiger partial charge in [0.05, 0.1) is 11.0 Å². The molecule has 0 radical (unpaired) electrons. The van der Waals surface area contributed by atoms with E-state index in [2.05, 4.69) is 285 Å². The molecule has 2 aromatic heterocycles. The standard InChI is InChI=1S/C40H34B2N2.C18H15B.C7H8.C6H6/c1-41(29-15-9-5-10-16-29)31-19-22-37-35(25-31)39-38(43(37)2)24-21-33-34-26-32(20-23-36(34)44(3)40(33)39)42(30-17-11-6-12-18-30)27-28-13-7-4-8-14-28;1-4-10-16(11-5-1)19(17-12-6-2-7-13-17)18-14-8-3-9-15-18;1-2-4-7-5-6(7)3-1;1-2-4-6-5-3-1/h4-26H,27H2,1-3H3;1-15H;1-4,6-7H,5H2;1-6H. The zero-order valence-electron chi connectivity index (χ0n) is 43.9. The second kappa shape index (κ2) is 23.3. The van der Waals surface area contributed by atoms with Crippen molar-refractivity contribution in [3.63, 3.8) is 0 Å². The average Bonchev–Trinajstić information content (AvgIpc) is 4.18. The predicted octanol–water partition coefficient (Wildman–Crippen LogP) is 12.2. The molecule has 0 saturated heterocycles. The van der Waals surface area contributed by atoms with E-state index >= 15 is 0 Å². The first kappa shape index (κ1) is 49.7. The van der Waals surface area contributed by atoms with Crippen LogP contribution >= 0.6 is 0 Å². The third-order valence-corrected chi connectivity index (χ3v) is 15.6. The van der Waals surface area contributed by atoms with Gasteiger partial charge >= 0.3 is 0 Å². The zero-order chi connectivity index (χ0) is 51.6. The van der Waals surface area contributed by atoms with E-state index in [1.807, 2.05) is 36.4 Å². The van der Waals surface area contributed by atoms with Crippen LogP contribution in [-0.4, -0.2) is 29.3 Å². The molecule has 5 heteroatoms. The first-order valence-electron chi connectivity index (χ1n) is 27.1. The van der Waals surface area contributed by atoms with Crippen molar-refractivity contribution in [1.29, 1.82) is 0 Å². The van der Waals surface area contributed by atoms with E-state index in [9.17, 15) is 0 Å². The van der Waals surface area contributed by atoms with Crippen molar-refractivity contribution >= 4 is 102 Å². The van der Waals surface area contributed by atoms with Gasteiger partial charge in [-0.2, -0.15) is 0 Å². The van der Waals surface area contributed by atoms with Crippen LogP contribution in [0.4, 0.5) is 0 Å². The molecule has 0 bridgehead atoms. The zero-order valence-corrected chi connectivity index (χ0v) is 43.9. The topological polar surface area (TPSA) is 9.86 Å². The molecule has 0 amide bonds. The third-order valence-electron chi connectivity index (χ3n) is 15.6. The second-order valence-corrected chi connectivity index (χ2v) is 20.5. The monoisotopic (exact) mass is 977 g/mol. The molecule has 2 aliphatic carbocycles. The lowest BCUT2D eigenvalue weighted by Crippen LogP contribution is -2.51. The van der Waals surface area contributed by atoms with Crippen molar-refractivity contribution in [3.05, 3.63) is 297 Å². The molecule has 2 atom stereocenters. The summed E-state index contributed by atoms with van der Waals surface area (Å²) in [6, 6.07) is 95.6. The molecule has 0 N–H and O–H groups in total. The molecule has 0 spiro atoms. The first-order valence-corrected chi connectivity index (χ1v) is 27.1. The first-order chi connectivity index (χ1) is 37.5. The fraction of sp³-hybridized carbons (Fsp3) is 0.0986. The van der Waals surface area contributed by atoms with Crippen molar-refractivity contribution in [2.45, 2.75) is 19.6 Å². The largest absolute Gasteiger partial charge is 0.344 e. The Bertz CT molecular complexity index is 3720. The Morgan fingerprint density at radius 2 is 0.776 bits per heavy atom. The minimum absolute atomic E-state index is 0.279. The number of allylic oxidation sites excluding steroid dienone is 4. The molecule has 1 fully saturated rings. The molecular weight excluding hydrogens is 913 g/mol. The van der Waals surface area contributed by atoms with Gasteiger partial charge < -0.3 is 9.13 Å². The molecule has 2 unspecified atom stereocenters. The van der Waals surface area contributed by atoms with Gasteiger partial charge in [-0.1, -0.05) is 324 Å². The summed E-state index contributed by atoms with van der Waals surface area (Å²) in [5.41, 5.74) is 15.9. The maximum absolute atomic E-state index is 2.46. The van der Waals surface area contributed by atoms with Gasteiger partial charge in [-0.25, -0.2) is 0 Å². The lowest BCUT2D eigenvalue weighted by molar-refractivity contribution is 0.981. The van der Waals surface area contributed by atoms with Crippen LogP contribution in [0.15, 0.2) is 291 Å². The molecule has 14 rings (SSSR count). The number of hydrogen-bond acceptors (Lipinski definition) is 0. The Hall–Kier alpha value is -8.53. The summed E-state index contributed by atoms with van der Waals surface area (Å²) in [5.74, 6) is 1.87. The summed E-state index contributed by atoms with van der Waals surface area (Å²) in [7, 11) is 4.43. The van der Waals surface area contributed by atoms with E-state index in [0.717, 1.165) is 18.2 Å². The van der Waals surface area contributed by atoms with Crippen molar-refractivity contribution < 1.29 is 0 Å². The van der Waals surface area contributed by atoms with E-state index in [1.54, 1.807) is 0 Å². The summed E-state index contributed by atoms with van der Waals surface area (Å²) in [6.45, 7) is 3.23. The molecule has 10 aromatic carbocycles. The van der Waals surface area contributed by atoms with E-state index in [-0.39, 0.29) is 6.71 Å². The van der Waals surface area contributed by atoms with Crippen LogP contribution in [0.2, 0.25) is 6.82 Å². The number of rotatable bonds is 9. The third kappa shape index (κ3) is 11.0. The number of hydrogen-bond donors (Lipinski definition) is 0. The Balaban J connectivity index is 0.000000155. The van der Waals surface area contributed by atoms with Crippen LogP contribution in [0.1, 0.15) is 12.0 Å². The van der Waals surface area contributed by atoms with Crippen LogP contribution < -0.4 is 38.2 Å². The van der Waals surface area contributed by atoms with Gasteiger partial charge in [0.1, 0.15) is 0 Å². The fourth-order valence-corrected chi connectivity index (χ4v) is 11.4. The summed E-state index contributed by atoms with van der Waals surface area (Å²) in [5, 5.41) is 5.30. The summed E-state index contributed by atoms with van der Waals surface area (Å²) >= 11 is 0. The predicted molar refractivity (Wildman–Crippen MR) is 334 cm³/mol. The summed E-state index contributed by atoms with van der Waals surface area (Å²) in [6.07, 6.45) is 11.3. The van der Waals surface area contributed by atoms with Gasteiger partial charge in [0.15, 0.2) is 0 Å². The summed E-state index contributed by atoms with van der Waals surface area (Å²) < 4.78 is 4.77. The van der Waals surface area contributed by atoms with Crippen LogP contribution in [0.3, 0.4) is 0 Å². The number of benzene rings is 10. The fourth-order valence-electron chi connectivity index (χ4n) is 11.4. The molecule has 366 valence electrons. The number of aromatic nitrogens is 2.